The van der Waals surface area contributed by atoms with Gasteiger partial charge in [-0.2, -0.15) is 13.2 Å². The van der Waals surface area contributed by atoms with Gasteiger partial charge in [-0.1, -0.05) is 12.1 Å². The molecule has 1 aromatic rings. The van der Waals surface area contributed by atoms with E-state index in [0.29, 0.717) is 5.78 Å². The van der Waals surface area contributed by atoms with Crippen LogP contribution in [0.2, 0.25) is 0 Å². The maximum Gasteiger partial charge on any atom is 0.416 e. The fourth-order valence-corrected chi connectivity index (χ4v) is 4.45. The van der Waals surface area contributed by atoms with Crippen molar-refractivity contribution in [2.75, 3.05) is 13.1 Å². The number of carbonyl (C=O) groups excluding carboxylic acids is 1. The maximum atomic E-state index is 12.6. The molecule has 3 saturated heterocycles. The molecule has 1 saturated carbocycles. The number of ketones is 1. The molecule has 2 nitrogen and oxygen atoms in total. The zero-order chi connectivity index (χ0) is 14.8. The number of halogens is 3. The van der Waals surface area contributed by atoms with E-state index in [1.807, 2.05) is 0 Å². The lowest BCUT2D eigenvalue weighted by molar-refractivity contribution is -0.939. The van der Waals surface area contributed by atoms with Crippen LogP contribution >= 0.6 is 0 Å². The predicted molar refractivity (Wildman–Crippen MR) is 70.0 cm³/mol. The molecular formula is C16H17F3NO+. The van der Waals surface area contributed by atoms with Gasteiger partial charge in [0.2, 0.25) is 0 Å². The average molecular weight is 296 g/mol. The van der Waals surface area contributed by atoms with Crippen molar-refractivity contribution in [1.82, 2.24) is 0 Å². The summed E-state index contributed by atoms with van der Waals surface area (Å²) in [6.45, 7) is 2.07. The molecule has 4 fully saturated rings. The van der Waals surface area contributed by atoms with Gasteiger partial charge >= 0.3 is 6.18 Å². The average Bonchev–Trinajstić information content (AvgIpc) is 3.20. The molecule has 0 aromatic heterocycles. The van der Waals surface area contributed by atoms with Crippen molar-refractivity contribution in [2.24, 2.45) is 5.92 Å². The highest BCUT2D eigenvalue weighted by Crippen LogP contribution is 2.53. The summed E-state index contributed by atoms with van der Waals surface area (Å²) in [4.78, 5) is 13.9. The molecule has 0 amide bonds. The number of piperidine rings is 3. The summed E-state index contributed by atoms with van der Waals surface area (Å²) in [5, 5.41) is 0. The van der Waals surface area contributed by atoms with Gasteiger partial charge in [0.05, 0.1) is 24.6 Å². The van der Waals surface area contributed by atoms with Gasteiger partial charge < -0.3 is 4.90 Å². The number of hydrogen-bond acceptors (Lipinski definition) is 1. The van der Waals surface area contributed by atoms with Gasteiger partial charge in [-0.05, 0) is 17.7 Å². The van der Waals surface area contributed by atoms with E-state index in [9.17, 15) is 18.0 Å². The van der Waals surface area contributed by atoms with Gasteiger partial charge in [-0.3, -0.25) is 4.79 Å². The largest absolute Gasteiger partial charge is 0.416 e. The zero-order valence-electron chi connectivity index (χ0n) is 11.5. The lowest BCUT2D eigenvalue weighted by Crippen LogP contribution is -3.22. The van der Waals surface area contributed by atoms with Crippen molar-refractivity contribution in [1.29, 1.82) is 0 Å². The third-order valence-corrected chi connectivity index (χ3v) is 5.63. The van der Waals surface area contributed by atoms with Crippen LogP contribution < -0.4 is 4.90 Å². The first kappa shape index (κ1) is 13.3. The van der Waals surface area contributed by atoms with Crippen LogP contribution in [0.15, 0.2) is 24.3 Å². The highest BCUT2D eigenvalue weighted by Gasteiger charge is 2.72. The maximum absolute atomic E-state index is 12.6. The Kier molecular flexibility index (Phi) is 2.60. The molecule has 112 valence electrons. The number of alkyl halides is 3. The number of benzene rings is 1. The molecule has 1 N–H and O–H groups in total. The first-order valence-electron chi connectivity index (χ1n) is 7.49. The fourth-order valence-electron chi connectivity index (χ4n) is 4.45. The molecule has 1 aromatic carbocycles. The third kappa shape index (κ3) is 1.79. The van der Waals surface area contributed by atoms with Gasteiger partial charge in [0, 0.05) is 25.2 Å². The van der Waals surface area contributed by atoms with Crippen LogP contribution in [0.4, 0.5) is 13.2 Å². The van der Waals surface area contributed by atoms with Gasteiger partial charge in [-0.25, -0.2) is 0 Å². The number of nitrogens with one attached hydrogen (secondary N) is 1. The summed E-state index contributed by atoms with van der Waals surface area (Å²) in [6.07, 6.45) is -1.53. The van der Waals surface area contributed by atoms with Crippen LogP contribution in [0.3, 0.4) is 0 Å². The van der Waals surface area contributed by atoms with Gasteiger partial charge in [0.15, 0.2) is 11.3 Å². The minimum atomic E-state index is -4.30. The number of hydrogen-bond donors (Lipinski definition) is 1. The highest BCUT2D eigenvalue weighted by molar-refractivity contribution is 5.94. The SMILES string of the molecule is O=C1C2CC[NH+](CC2)[C@@]12C[C@H]2c1ccc(C(F)(F)F)cc1. The smallest absolute Gasteiger partial charge is 0.323 e. The van der Waals surface area contributed by atoms with E-state index in [1.54, 1.807) is 12.1 Å². The second-order valence-corrected chi connectivity index (χ2v) is 6.59. The summed E-state index contributed by atoms with van der Waals surface area (Å²) in [5.41, 5.74) is -0.0394. The minimum Gasteiger partial charge on any atom is -0.323 e. The van der Waals surface area contributed by atoms with Crippen LogP contribution in [-0.2, 0) is 11.0 Å². The first-order chi connectivity index (χ1) is 9.93. The molecule has 0 radical (unpaired) electrons. The van der Waals surface area contributed by atoms with Crippen LogP contribution in [0.5, 0.6) is 0 Å². The monoisotopic (exact) mass is 296 g/mol. The Morgan fingerprint density at radius 3 is 2.24 bits per heavy atom. The van der Waals surface area contributed by atoms with Crippen LogP contribution in [0.25, 0.3) is 0 Å². The zero-order valence-corrected chi connectivity index (χ0v) is 11.5. The summed E-state index contributed by atoms with van der Waals surface area (Å²) in [7, 11) is 0. The lowest BCUT2D eigenvalue weighted by atomic mass is 9.79. The summed E-state index contributed by atoms with van der Waals surface area (Å²) >= 11 is 0. The Morgan fingerprint density at radius 2 is 1.71 bits per heavy atom. The molecule has 0 unspecified atom stereocenters. The first-order valence-corrected chi connectivity index (χ1v) is 7.49. The number of Topliss-reactive ketones (excluding diaryl/α,β-unsaturated/α-hetero) is 1. The molecule has 3 heterocycles. The molecule has 5 rings (SSSR count). The molecular weight excluding hydrogens is 279 g/mol. The van der Waals surface area contributed by atoms with Crippen molar-refractivity contribution < 1.29 is 22.9 Å². The number of rotatable bonds is 1. The third-order valence-electron chi connectivity index (χ3n) is 5.63. The quantitative estimate of drug-likeness (QED) is 0.838. The Hall–Kier alpha value is -1.36. The summed E-state index contributed by atoms with van der Waals surface area (Å²) in [5.74, 6) is 0.673. The van der Waals surface area contributed by atoms with Crippen LogP contribution in [-0.4, -0.2) is 24.4 Å². The lowest BCUT2D eigenvalue weighted by Gasteiger charge is -2.42. The van der Waals surface area contributed by atoms with Crippen molar-refractivity contribution in [3.05, 3.63) is 35.4 Å². The topological polar surface area (TPSA) is 21.5 Å². The van der Waals surface area contributed by atoms with E-state index in [1.165, 1.54) is 4.90 Å². The van der Waals surface area contributed by atoms with Crippen molar-refractivity contribution in [3.8, 4) is 0 Å². The van der Waals surface area contributed by atoms with Crippen LogP contribution in [0.1, 0.15) is 36.3 Å². The number of fused-ring (bicyclic) bond motifs is 2. The van der Waals surface area contributed by atoms with E-state index >= 15 is 0 Å². The Bertz CT molecular complexity index is 587. The minimum absolute atomic E-state index is 0.116. The number of quaternary nitrogens is 1. The summed E-state index contributed by atoms with van der Waals surface area (Å²) in [6, 6.07) is 5.38. The number of carbonyl (C=O) groups is 1. The Balaban J connectivity index is 1.61. The van der Waals surface area contributed by atoms with Crippen LogP contribution in [0, 0.1) is 5.92 Å². The Labute approximate surface area is 120 Å². The van der Waals surface area contributed by atoms with Crippen molar-refractivity contribution in [2.45, 2.75) is 36.9 Å². The van der Waals surface area contributed by atoms with Gasteiger partial charge in [0.25, 0.3) is 0 Å². The van der Waals surface area contributed by atoms with E-state index in [2.05, 4.69) is 0 Å². The van der Waals surface area contributed by atoms with E-state index in [4.69, 9.17) is 0 Å². The van der Waals surface area contributed by atoms with Gasteiger partial charge in [-0.15, -0.1) is 0 Å². The van der Waals surface area contributed by atoms with E-state index in [-0.39, 0.29) is 17.4 Å². The molecule has 1 aliphatic carbocycles. The van der Waals surface area contributed by atoms with E-state index < -0.39 is 11.7 Å². The normalized spacial score (nSPS) is 38.0. The molecule has 3 aliphatic heterocycles. The highest BCUT2D eigenvalue weighted by atomic mass is 19.4. The molecule has 21 heavy (non-hydrogen) atoms. The van der Waals surface area contributed by atoms with E-state index in [0.717, 1.165) is 50.0 Å². The second kappa shape index (κ2) is 4.09. The standard InChI is InChI=1S/C16H16F3NO/c17-16(18,19)12-3-1-10(2-4-12)13-9-15(13)14(21)11-5-7-20(15)8-6-11/h1-4,11,13H,5-9H2/p+1/t13-,15+/m0/s1. The molecule has 1 spiro atoms. The molecule has 2 atom stereocenters. The molecule has 2 bridgehead atoms. The van der Waals surface area contributed by atoms with Crippen molar-refractivity contribution >= 4 is 5.78 Å². The second-order valence-electron chi connectivity index (χ2n) is 6.59. The molecule has 5 heteroatoms. The predicted octanol–water partition coefficient (Wildman–Crippen LogP) is 1.81. The summed E-state index contributed by atoms with van der Waals surface area (Å²) < 4.78 is 37.8. The van der Waals surface area contributed by atoms with Gasteiger partial charge in [0.1, 0.15) is 0 Å². The molecule has 4 aliphatic rings. The Morgan fingerprint density at radius 1 is 1.10 bits per heavy atom. The fraction of sp³-hybridized carbons (Fsp3) is 0.562. The van der Waals surface area contributed by atoms with Crippen molar-refractivity contribution in [3.63, 3.8) is 0 Å².